The molecule has 0 radical (unpaired) electrons. The van der Waals surface area contributed by atoms with Gasteiger partial charge in [0.1, 0.15) is 11.3 Å². The van der Waals surface area contributed by atoms with Gasteiger partial charge in [0.15, 0.2) is 5.67 Å². The highest BCUT2D eigenvalue weighted by molar-refractivity contribution is 5.78. The van der Waals surface area contributed by atoms with Gasteiger partial charge in [0.25, 0.3) is 0 Å². The zero-order valence-electron chi connectivity index (χ0n) is 9.92. The molecule has 0 aliphatic carbocycles. The van der Waals surface area contributed by atoms with Gasteiger partial charge in [-0.1, -0.05) is 11.6 Å². The maximum atomic E-state index is 14.7. The number of halogens is 1. The Morgan fingerprint density at radius 3 is 3.00 bits per heavy atom. The first kappa shape index (κ1) is 10.8. The number of furan rings is 1. The van der Waals surface area contributed by atoms with E-state index < -0.39 is 5.67 Å². The van der Waals surface area contributed by atoms with Crippen LogP contribution < -0.4 is 5.32 Å². The first-order valence-electron chi connectivity index (χ1n) is 6.08. The normalized spacial score (nSPS) is 25.3. The summed E-state index contributed by atoms with van der Waals surface area (Å²) < 4.78 is 20.3. The van der Waals surface area contributed by atoms with Crippen molar-refractivity contribution in [3.8, 4) is 0 Å². The van der Waals surface area contributed by atoms with Crippen LogP contribution in [0.15, 0.2) is 28.7 Å². The molecule has 1 fully saturated rings. The molecular weight excluding hydrogens is 217 g/mol. The number of nitrogens with one attached hydrogen (secondary N) is 1. The quantitative estimate of drug-likeness (QED) is 0.817. The Bertz CT molecular complexity index is 540. The van der Waals surface area contributed by atoms with Gasteiger partial charge in [-0.15, -0.1) is 0 Å². The number of benzene rings is 1. The molecule has 1 aliphatic heterocycles. The van der Waals surface area contributed by atoms with E-state index in [9.17, 15) is 4.39 Å². The average Bonchev–Trinajstić information content (AvgIpc) is 2.73. The smallest absolute Gasteiger partial charge is 0.180 e. The van der Waals surface area contributed by atoms with Crippen molar-refractivity contribution in [1.82, 2.24) is 5.32 Å². The molecule has 0 amide bonds. The summed E-state index contributed by atoms with van der Waals surface area (Å²) in [4.78, 5) is 0. The number of fused-ring (bicyclic) bond motifs is 1. The molecule has 1 aromatic heterocycles. The van der Waals surface area contributed by atoms with Crippen molar-refractivity contribution in [3.05, 3.63) is 35.6 Å². The van der Waals surface area contributed by atoms with Crippen LogP contribution in [0.4, 0.5) is 4.39 Å². The van der Waals surface area contributed by atoms with Crippen molar-refractivity contribution in [1.29, 1.82) is 0 Å². The summed E-state index contributed by atoms with van der Waals surface area (Å²) in [7, 11) is 0. The highest BCUT2D eigenvalue weighted by Gasteiger charge is 2.37. The summed E-state index contributed by atoms with van der Waals surface area (Å²) in [6, 6.07) is 7.77. The fourth-order valence-corrected chi connectivity index (χ4v) is 2.46. The molecule has 0 saturated carbocycles. The maximum Gasteiger partial charge on any atom is 0.180 e. The fraction of sp³-hybridized carbons (Fsp3) is 0.429. The van der Waals surface area contributed by atoms with Crippen molar-refractivity contribution in [2.75, 3.05) is 13.1 Å². The van der Waals surface area contributed by atoms with Crippen molar-refractivity contribution in [2.24, 2.45) is 0 Å². The molecule has 3 rings (SSSR count). The van der Waals surface area contributed by atoms with Gasteiger partial charge in [-0.25, -0.2) is 4.39 Å². The number of alkyl halides is 1. The minimum absolute atomic E-state index is 0.353. The number of rotatable bonds is 1. The lowest BCUT2D eigenvalue weighted by atomic mass is 9.93. The van der Waals surface area contributed by atoms with Crippen LogP contribution in [0.1, 0.15) is 24.2 Å². The molecule has 90 valence electrons. The van der Waals surface area contributed by atoms with Gasteiger partial charge < -0.3 is 9.73 Å². The van der Waals surface area contributed by atoms with E-state index in [0.29, 0.717) is 18.7 Å². The van der Waals surface area contributed by atoms with Gasteiger partial charge in [-0.3, -0.25) is 0 Å². The van der Waals surface area contributed by atoms with Gasteiger partial charge >= 0.3 is 0 Å². The summed E-state index contributed by atoms with van der Waals surface area (Å²) in [6.07, 6.45) is 1.39. The van der Waals surface area contributed by atoms with E-state index in [1.54, 1.807) is 0 Å². The Labute approximate surface area is 99.8 Å². The fourth-order valence-electron chi connectivity index (χ4n) is 2.46. The standard InChI is InChI=1S/C14H16FNO/c1-10-3-4-12-11(7-10)8-13(17-12)14(15)5-2-6-16-9-14/h3-4,7-8,16H,2,5-6,9H2,1H3. The van der Waals surface area contributed by atoms with Crippen LogP contribution in [0.3, 0.4) is 0 Å². The Kier molecular flexibility index (Phi) is 2.44. The van der Waals surface area contributed by atoms with Crippen molar-refractivity contribution in [2.45, 2.75) is 25.4 Å². The summed E-state index contributed by atoms with van der Waals surface area (Å²) >= 11 is 0. The lowest BCUT2D eigenvalue weighted by Gasteiger charge is -2.27. The van der Waals surface area contributed by atoms with E-state index >= 15 is 0 Å². The SMILES string of the molecule is Cc1ccc2oc(C3(F)CCCNC3)cc2c1. The lowest BCUT2D eigenvalue weighted by Crippen LogP contribution is -2.39. The molecule has 1 aromatic carbocycles. The Balaban J connectivity index is 2.05. The monoisotopic (exact) mass is 233 g/mol. The molecule has 1 saturated heterocycles. The van der Waals surface area contributed by atoms with Crippen LogP contribution in [0, 0.1) is 6.92 Å². The summed E-state index contributed by atoms with van der Waals surface area (Å²) in [5.74, 6) is 0.463. The Morgan fingerprint density at radius 1 is 1.35 bits per heavy atom. The molecule has 0 bridgehead atoms. The zero-order chi connectivity index (χ0) is 11.9. The van der Waals surface area contributed by atoms with Crippen molar-refractivity contribution < 1.29 is 8.81 Å². The largest absolute Gasteiger partial charge is 0.458 e. The predicted molar refractivity (Wildman–Crippen MR) is 65.8 cm³/mol. The summed E-state index contributed by atoms with van der Waals surface area (Å²) in [5.41, 5.74) is 0.596. The third kappa shape index (κ3) is 1.84. The Hall–Kier alpha value is -1.35. The van der Waals surface area contributed by atoms with Crippen LogP contribution in [-0.2, 0) is 5.67 Å². The number of piperidine rings is 1. The van der Waals surface area contributed by atoms with Crippen LogP contribution in [0.2, 0.25) is 0 Å². The zero-order valence-corrected chi connectivity index (χ0v) is 9.92. The molecule has 2 heterocycles. The molecule has 1 unspecified atom stereocenters. The molecule has 2 nitrogen and oxygen atoms in total. The van der Waals surface area contributed by atoms with E-state index in [2.05, 4.69) is 5.32 Å². The average molecular weight is 233 g/mol. The topological polar surface area (TPSA) is 25.2 Å². The summed E-state index contributed by atoms with van der Waals surface area (Å²) in [6.45, 7) is 3.27. The summed E-state index contributed by atoms with van der Waals surface area (Å²) in [5, 5.41) is 4.08. The third-order valence-corrected chi connectivity index (χ3v) is 3.45. The molecule has 3 heteroatoms. The highest BCUT2D eigenvalue weighted by Crippen LogP contribution is 2.36. The minimum atomic E-state index is -1.34. The Morgan fingerprint density at radius 2 is 2.24 bits per heavy atom. The van der Waals surface area contributed by atoms with E-state index in [1.807, 2.05) is 31.2 Å². The first-order valence-corrected chi connectivity index (χ1v) is 6.08. The van der Waals surface area contributed by atoms with Crippen LogP contribution in [0.5, 0.6) is 0 Å². The second-order valence-electron chi connectivity index (χ2n) is 4.90. The van der Waals surface area contributed by atoms with Gasteiger partial charge in [0.2, 0.25) is 0 Å². The molecule has 1 aliphatic rings. The van der Waals surface area contributed by atoms with Gasteiger partial charge in [-0.05, 0) is 44.5 Å². The predicted octanol–water partition coefficient (Wildman–Crippen LogP) is 3.29. The second-order valence-corrected chi connectivity index (χ2v) is 4.90. The molecule has 2 aromatic rings. The first-order chi connectivity index (χ1) is 8.17. The molecular formula is C14H16FNO. The van der Waals surface area contributed by atoms with Crippen LogP contribution >= 0.6 is 0 Å². The van der Waals surface area contributed by atoms with E-state index in [1.165, 1.54) is 5.56 Å². The van der Waals surface area contributed by atoms with E-state index in [0.717, 1.165) is 23.9 Å². The number of hydrogen-bond acceptors (Lipinski definition) is 2. The number of hydrogen-bond donors (Lipinski definition) is 1. The minimum Gasteiger partial charge on any atom is -0.458 e. The van der Waals surface area contributed by atoms with Gasteiger partial charge in [0.05, 0.1) is 0 Å². The third-order valence-electron chi connectivity index (χ3n) is 3.45. The second kappa shape index (κ2) is 3.84. The van der Waals surface area contributed by atoms with Crippen molar-refractivity contribution in [3.63, 3.8) is 0 Å². The van der Waals surface area contributed by atoms with Crippen LogP contribution in [-0.4, -0.2) is 13.1 Å². The lowest BCUT2D eigenvalue weighted by molar-refractivity contribution is 0.0954. The molecule has 1 atom stereocenters. The maximum absolute atomic E-state index is 14.7. The molecule has 17 heavy (non-hydrogen) atoms. The van der Waals surface area contributed by atoms with Crippen molar-refractivity contribution >= 4 is 11.0 Å². The highest BCUT2D eigenvalue weighted by atomic mass is 19.1. The number of aryl methyl sites for hydroxylation is 1. The van der Waals surface area contributed by atoms with E-state index in [4.69, 9.17) is 4.42 Å². The molecule has 1 N–H and O–H groups in total. The van der Waals surface area contributed by atoms with Gasteiger partial charge in [0, 0.05) is 11.9 Å². The molecule has 0 spiro atoms. The van der Waals surface area contributed by atoms with Gasteiger partial charge in [-0.2, -0.15) is 0 Å². The van der Waals surface area contributed by atoms with E-state index in [-0.39, 0.29) is 0 Å². The van der Waals surface area contributed by atoms with Crippen LogP contribution in [0.25, 0.3) is 11.0 Å².